The molecule has 0 aromatic heterocycles. The molecule has 18 heavy (non-hydrogen) atoms. The Morgan fingerprint density at radius 2 is 1.94 bits per heavy atom. The number of nitrogens with one attached hydrogen (secondary N) is 3. The molecule has 5 N–H and O–H groups in total. The molecule has 0 aromatic carbocycles. The van der Waals surface area contributed by atoms with Crippen LogP contribution in [-0.4, -0.2) is 67.6 Å². The zero-order valence-corrected chi connectivity index (χ0v) is 9.93. The first kappa shape index (κ1) is 16.1. The largest absolute Gasteiger partial charge is 0.480 e. The van der Waals surface area contributed by atoms with Crippen molar-refractivity contribution in [3.8, 4) is 0 Å². The molecular formula is C9H17N3O6. The van der Waals surface area contributed by atoms with Gasteiger partial charge >= 0.3 is 12.0 Å². The molecule has 104 valence electrons. The van der Waals surface area contributed by atoms with Gasteiger partial charge in [-0.25, -0.2) is 9.59 Å². The van der Waals surface area contributed by atoms with Gasteiger partial charge in [-0.15, -0.1) is 0 Å². The van der Waals surface area contributed by atoms with Crippen molar-refractivity contribution in [3.05, 3.63) is 0 Å². The first-order valence-electron chi connectivity index (χ1n) is 5.15. The maximum Gasteiger partial charge on any atom is 0.328 e. The van der Waals surface area contributed by atoms with Gasteiger partial charge in [-0.2, -0.15) is 0 Å². The monoisotopic (exact) mass is 263 g/mol. The summed E-state index contributed by atoms with van der Waals surface area (Å²) in [6.45, 7) is -0.368. The Kier molecular flexibility index (Phi) is 8.24. The van der Waals surface area contributed by atoms with Crippen LogP contribution in [0.3, 0.4) is 0 Å². The highest BCUT2D eigenvalue weighted by Crippen LogP contribution is 1.81. The topological polar surface area (TPSA) is 137 Å². The van der Waals surface area contributed by atoms with Crippen LogP contribution in [-0.2, 0) is 14.3 Å². The van der Waals surface area contributed by atoms with Gasteiger partial charge in [-0.1, -0.05) is 0 Å². The van der Waals surface area contributed by atoms with E-state index in [4.69, 9.17) is 14.9 Å². The predicted octanol–water partition coefficient (Wildman–Crippen LogP) is -2.51. The molecule has 0 rings (SSSR count). The lowest BCUT2D eigenvalue weighted by molar-refractivity contribution is -0.140. The van der Waals surface area contributed by atoms with Crippen molar-refractivity contribution in [2.45, 2.75) is 6.04 Å². The summed E-state index contributed by atoms with van der Waals surface area (Å²) in [5, 5.41) is 23.8. The molecule has 0 aliphatic heterocycles. The molecule has 0 spiro atoms. The maximum atomic E-state index is 11.1. The second-order valence-electron chi connectivity index (χ2n) is 3.24. The molecule has 0 unspecified atom stereocenters. The third kappa shape index (κ3) is 7.41. The number of carbonyl (C=O) groups is 3. The highest BCUT2D eigenvalue weighted by Gasteiger charge is 2.18. The van der Waals surface area contributed by atoms with Gasteiger partial charge in [0.1, 0.15) is 0 Å². The van der Waals surface area contributed by atoms with Crippen molar-refractivity contribution < 1.29 is 29.3 Å². The predicted molar refractivity (Wildman–Crippen MR) is 59.9 cm³/mol. The highest BCUT2D eigenvalue weighted by molar-refractivity contribution is 5.86. The summed E-state index contributed by atoms with van der Waals surface area (Å²) >= 11 is 0. The number of carboxylic acid groups (broad SMARTS) is 1. The fourth-order valence-corrected chi connectivity index (χ4v) is 0.910. The van der Waals surface area contributed by atoms with Crippen molar-refractivity contribution in [1.29, 1.82) is 0 Å². The van der Waals surface area contributed by atoms with Crippen molar-refractivity contribution >= 4 is 17.9 Å². The lowest BCUT2D eigenvalue weighted by atomic mass is 10.3. The third-order valence-corrected chi connectivity index (χ3v) is 1.82. The SMILES string of the molecule is COCCNC(=O)CNC(=O)N[C@H](CO)C(=O)O. The van der Waals surface area contributed by atoms with Gasteiger partial charge in [-0.3, -0.25) is 4.79 Å². The lowest BCUT2D eigenvalue weighted by Crippen LogP contribution is -2.50. The molecule has 3 amide bonds. The van der Waals surface area contributed by atoms with E-state index in [9.17, 15) is 14.4 Å². The fourth-order valence-electron chi connectivity index (χ4n) is 0.910. The Balaban J connectivity index is 3.82. The smallest absolute Gasteiger partial charge is 0.328 e. The Hall–Kier alpha value is -1.87. The minimum atomic E-state index is -1.40. The molecule has 0 saturated heterocycles. The molecule has 1 atom stereocenters. The highest BCUT2D eigenvalue weighted by atomic mass is 16.5. The summed E-state index contributed by atoms with van der Waals surface area (Å²) in [7, 11) is 1.48. The first-order chi connectivity index (χ1) is 8.51. The van der Waals surface area contributed by atoms with Crippen molar-refractivity contribution in [3.63, 3.8) is 0 Å². The van der Waals surface area contributed by atoms with Gasteiger partial charge in [0, 0.05) is 13.7 Å². The van der Waals surface area contributed by atoms with Crippen LogP contribution in [0, 0.1) is 0 Å². The van der Waals surface area contributed by atoms with Crippen LogP contribution in [0.4, 0.5) is 4.79 Å². The van der Waals surface area contributed by atoms with E-state index in [0.717, 1.165) is 0 Å². The minimum Gasteiger partial charge on any atom is -0.480 e. The molecule has 9 heteroatoms. The molecule has 0 radical (unpaired) electrons. The van der Waals surface area contributed by atoms with Gasteiger partial charge in [0.05, 0.1) is 19.8 Å². The van der Waals surface area contributed by atoms with Crippen LogP contribution in [0.25, 0.3) is 0 Å². The first-order valence-corrected chi connectivity index (χ1v) is 5.15. The average Bonchev–Trinajstić information content (AvgIpc) is 2.33. The van der Waals surface area contributed by atoms with Crippen LogP contribution < -0.4 is 16.0 Å². The number of rotatable bonds is 8. The molecule has 0 aliphatic rings. The van der Waals surface area contributed by atoms with E-state index in [-0.39, 0.29) is 6.54 Å². The van der Waals surface area contributed by atoms with Gasteiger partial charge in [0.15, 0.2) is 6.04 Å². The minimum absolute atomic E-state index is 0.298. The van der Waals surface area contributed by atoms with Crippen LogP contribution in [0.2, 0.25) is 0 Å². The van der Waals surface area contributed by atoms with Crippen LogP contribution in [0.15, 0.2) is 0 Å². The van der Waals surface area contributed by atoms with Gasteiger partial charge in [0.25, 0.3) is 0 Å². The van der Waals surface area contributed by atoms with E-state index in [1.165, 1.54) is 7.11 Å². The number of amides is 3. The Labute approximate surface area is 103 Å². The summed E-state index contributed by atoms with van der Waals surface area (Å²) in [6, 6.07) is -2.25. The Bertz CT molecular complexity index is 296. The number of methoxy groups -OCH3 is 1. The quantitative estimate of drug-likeness (QED) is 0.307. The number of urea groups is 1. The molecule has 0 saturated carbocycles. The second kappa shape index (κ2) is 9.19. The number of hydrogen-bond donors (Lipinski definition) is 5. The lowest BCUT2D eigenvalue weighted by Gasteiger charge is -2.12. The van der Waals surface area contributed by atoms with E-state index in [0.29, 0.717) is 13.2 Å². The van der Waals surface area contributed by atoms with Gasteiger partial charge < -0.3 is 30.9 Å². The average molecular weight is 263 g/mol. The Morgan fingerprint density at radius 1 is 1.28 bits per heavy atom. The van der Waals surface area contributed by atoms with Crippen LogP contribution >= 0.6 is 0 Å². The van der Waals surface area contributed by atoms with E-state index in [2.05, 4.69) is 10.6 Å². The number of hydrogen-bond acceptors (Lipinski definition) is 5. The van der Waals surface area contributed by atoms with Crippen molar-refractivity contribution in [2.75, 3.05) is 33.4 Å². The zero-order chi connectivity index (χ0) is 14.0. The third-order valence-electron chi connectivity index (χ3n) is 1.82. The summed E-state index contributed by atoms with van der Waals surface area (Å²) in [5.74, 6) is -1.80. The van der Waals surface area contributed by atoms with E-state index >= 15 is 0 Å². The number of carboxylic acids is 1. The number of aliphatic hydroxyl groups is 1. The number of aliphatic carboxylic acids is 1. The van der Waals surface area contributed by atoms with E-state index in [1.807, 2.05) is 5.32 Å². The summed E-state index contributed by atoms with van der Waals surface area (Å²) in [6.07, 6.45) is 0. The standard InChI is InChI=1S/C9H17N3O6/c1-18-3-2-10-7(14)4-11-9(17)12-6(5-13)8(15)16/h6,13H,2-5H2,1H3,(H,10,14)(H,15,16)(H2,11,12,17)/t6-/m1/s1. The molecule has 0 fully saturated rings. The molecular weight excluding hydrogens is 246 g/mol. The van der Waals surface area contributed by atoms with Gasteiger partial charge in [-0.05, 0) is 0 Å². The zero-order valence-electron chi connectivity index (χ0n) is 9.93. The molecule has 0 aliphatic carbocycles. The number of ether oxygens (including phenoxy) is 1. The summed E-state index contributed by atoms with van der Waals surface area (Å²) in [5.41, 5.74) is 0. The molecule has 0 bridgehead atoms. The number of carbonyl (C=O) groups excluding carboxylic acids is 2. The maximum absolute atomic E-state index is 11.1. The second-order valence-corrected chi connectivity index (χ2v) is 3.24. The number of aliphatic hydroxyl groups excluding tert-OH is 1. The van der Waals surface area contributed by atoms with Crippen molar-refractivity contribution in [1.82, 2.24) is 16.0 Å². The summed E-state index contributed by atoms with van der Waals surface area (Å²) in [4.78, 5) is 32.8. The van der Waals surface area contributed by atoms with E-state index in [1.54, 1.807) is 0 Å². The van der Waals surface area contributed by atoms with Crippen molar-refractivity contribution in [2.24, 2.45) is 0 Å². The Morgan fingerprint density at radius 3 is 2.44 bits per heavy atom. The molecule has 9 nitrogen and oxygen atoms in total. The molecule has 0 aromatic rings. The van der Waals surface area contributed by atoms with E-state index < -0.39 is 30.6 Å². The molecule has 0 heterocycles. The van der Waals surface area contributed by atoms with Crippen LogP contribution in [0.5, 0.6) is 0 Å². The van der Waals surface area contributed by atoms with Gasteiger partial charge in [0.2, 0.25) is 5.91 Å². The summed E-state index contributed by atoms with van der Waals surface area (Å²) < 4.78 is 4.70. The van der Waals surface area contributed by atoms with Crippen LogP contribution in [0.1, 0.15) is 0 Å². The fraction of sp³-hybridized carbons (Fsp3) is 0.667. The normalized spacial score (nSPS) is 11.4.